The molecule has 0 aliphatic heterocycles. The molecule has 3 N–H and O–H groups in total. The molecule has 2 aliphatic rings. The number of nitrogens with zero attached hydrogens (tertiary/aromatic N) is 2. The van der Waals surface area contributed by atoms with E-state index in [0.717, 1.165) is 19.3 Å². The molecule has 3 atom stereocenters. The zero-order chi connectivity index (χ0) is 25.9. The highest BCUT2D eigenvalue weighted by atomic mass is 16.4. The van der Waals surface area contributed by atoms with E-state index in [0.29, 0.717) is 35.7 Å². The van der Waals surface area contributed by atoms with Crippen LogP contribution in [0, 0.1) is 12.8 Å². The number of nitrogens with one attached hydrogen (secondary N) is 1. The van der Waals surface area contributed by atoms with E-state index in [2.05, 4.69) is 76.0 Å². The third-order valence-electron chi connectivity index (χ3n) is 7.44. The van der Waals surface area contributed by atoms with E-state index in [1.54, 1.807) is 6.92 Å². The Hall–Kier alpha value is -4.00. The average molecular weight is 498 g/mol. The number of carboxylic acids is 1. The van der Waals surface area contributed by atoms with Crippen LogP contribution in [-0.4, -0.2) is 38.6 Å². The summed E-state index contributed by atoms with van der Waals surface area (Å²) in [6.45, 7) is 1.07. The van der Waals surface area contributed by atoms with Crippen molar-refractivity contribution < 1.29 is 19.8 Å². The zero-order valence-electron chi connectivity index (χ0n) is 20.9. The van der Waals surface area contributed by atoms with Crippen LogP contribution in [0.25, 0.3) is 5.57 Å². The molecule has 2 aromatic carbocycles. The Bertz CT molecular complexity index is 1330. The predicted molar refractivity (Wildman–Crippen MR) is 140 cm³/mol. The Morgan fingerprint density at radius 1 is 1.00 bits per heavy atom. The molecule has 2 aliphatic carbocycles. The number of aryl methyl sites for hydroxylation is 1. The molecule has 7 nitrogen and oxygen atoms in total. The first kappa shape index (κ1) is 24.7. The van der Waals surface area contributed by atoms with E-state index in [1.165, 1.54) is 28.7 Å². The van der Waals surface area contributed by atoms with Crippen LogP contribution in [0.2, 0.25) is 0 Å². The number of aromatic hydroxyl groups is 1. The molecular formula is C30H31N3O4. The van der Waals surface area contributed by atoms with Gasteiger partial charge in [0.25, 0.3) is 5.91 Å². The van der Waals surface area contributed by atoms with Crippen molar-refractivity contribution in [2.24, 2.45) is 5.92 Å². The number of rotatable bonds is 8. The largest absolute Gasteiger partial charge is 0.504 e. The highest BCUT2D eigenvalue weighted by molar-refractivity contribution is 5.96. The first-order valence-corrected chi connectivity index (χ1v) is 12.8. The van der Waals surface area contributed by atoms with Crippen molar-refractivity contribution in [3.8, 4) is 5.75 Å². The van der Waals surface area contributed by atoms with Gasteiger partial charge in [0.05, 0.1) is 5.69 Å². The quantitative estimate of drug-likeness (QED) is 0.404. The van der Waals surface area contributed by atoms with Gasteiger partial charge in [0.2, 0.25) is 0 Å². The van der Waals surface area contributed by atoms with Gasteiger partial charge in [0.15, 0.2) is 11.4 Å². The second kappa shape index (κ2) is 10.5. The van der Waals surface area contributed by atoms with Crippen LogP contribution in [0.4, 0.5) is 0 Å². The van der Waals surface area contributed by atoms with Gasteiger partial charge in [-0.1, -0.05) is 60.7 Å². The summed E-state index contributed by atoms with van der Waals surface area (Å²) in [4.78, 5) is 31.7. The minimum atomic E-state index is -1.16. The van der Waals surface area contributed by atoms with Crippen LogP contribution < -0.4 is 5.32 Å². The van der Waals surface area contributed by atoms with Gasteiger partial charge in [-0.05, 0) is 72.6 Å². The fourth-order valence-electron chi connectivity index (χ4n) is 5.28. The lowest BCUT2D eigenvalue weighted by Crippen LogP contribution is -2.30. The van der Waals surface area contributed by atoms with Gasteiger partial charge in [0.1, 0.15) is 12.4 Å². The predicted octanol–water partition coefficient (Wildman–Crippen LogP) is 5.00. The molecule has 0 spiro atoms. The van der Waals surface area contributed by atoms with Gasteiger partial charge < -0.3 is 15.5 Å². The standard InChI is InChI=1S/C30H31N3O4/c1-18-29(36)28(30(37)31-17-27(34)35)33-26(32-18)15-19-7-9-20(10-8-19)21-11-13-23(14-12-21)25-16-24(25)22-5-3-2-4-6-22/h2-6,9,11-14,19,24-25,36H,7-8,10,15-17H2,1H3,(H,31,37)(H,34,35)/t19?,24-,25?/m0/s1. The number of aromatic nitrogens is 2. The maximum absolute atomic E-state index is 12.3. The average Bonchev–Trinajstić information content (AvgIpc) is 3.71. The summed E-state index contributed by atoms with van der Waals surface area (Å²) >= 11 is 0. The maximum atomic E-state index is 12.3. The minimum Gasteiger partial charge on any atom is -0.504 e. The molecule has 0 bridgehead atoms. The molecular weight excluding hydrogens is 466 g/mol. The molecule has 3 aromatic rings. The van der Waals surface area contributed by atoms with Crippen molar-refractivity contribution in [1.29, 1.82) is 0 Å². The number of benzene rings is 2. The number of carboxylic acid groups (broad SMARTS) is 1. The topological polar surface area (TPSA) is 112 Å². The van der Waals surface area contributed by atoms with Gasteiger partial charge in [-0.3, -0.25) is 9.59 Å². The summed E-state index contributed by atoms with van der Waals surface area (Å²) in [5, 5.41) is 21.2. The van der Waals surface area contributed by atoms with E-state index in [9.17, 15) is 14.7 Å². The Morgan fingerprint density at radius 3 is 2.35 bits per heavy atom. The lowest BCUT2D eigenvalue weighted by molar-refractivity contribution is -0.135. The fourth-order valence-corrected chi connectivity index (χ4v) is 5.28. The summed E-state index contributed by atoms with van der Waals surface area (Å²) < 4.78 is 0. The molecule has 1 aromatic heterocycles. The Labute approximate surface area is 216 Å². The summed E-state index contributed by atoms with van der Waals surface area (Å²) in [6.07, 6.45) is 6.93. The first-order chi connectivity index (χ1) is 17.9. The number of hydrogen-bond donors (Lipinski definition) is 3. The molecule has 1 saturated carbocycles. The molecule has 7 heteroatoms. The third-order valence-corrected chi connectivity index (χ3v) is 7.44. The molecule has 2 unspecified atom stereocenters. The van der Waals surface area contributed by atoms with Crippen molar-refractivity contribution >= 4 is 17.4 Å². The molecule has 1 fully saturated rings. The van der Waals surface area contributed by atoms with Gasteiger partial charge in [-0.15, -0.1) is 0 Å². The normalized spacial score (nSPS) is 20.7. The molecule has 0 radical (unpaired) electrons. The number of carbonyl (C=O) groups excluding carboxylic acids is 1. The van der Waals surface area contributed by atoms with Crippen LogP contribution in [0.3, 0.4) is 0 Å². The second-order valence-electron chi connectivity index (χ2n) is 10.1. The number of amides is 1. The van der Waals surface area contributed by atoms with E-state index in [-0.39, 0.29) is 11.4 Å². The third kappa shape index (κ3) is 5.71. The van der Waals surface area contributed by atoms with Crippen LogP contribution in [0.1, 0.15) is 76.2 Å². The Kier molecular flexibility index (Phi) is 7.04. The van der Waals surface area contributed by atoms with Gasteiger partial charge in [0, 0.05) is 6.42 Å². The number of allylic oxidation sites excluding steroid dienone is 2. The fraction of sp³-hybridized carbons (Fsp3) is 0.333. The minimum absolute atomic E-state index is 0.180. The van der Waals surface area contributed by atoms with Crippen LogP contribution in [0.5, 0.6) is 5.75 Å². The lowest BCUT2D eigenvalue weighted by Gasteiger charge is -2.22. The number of hydrogen-bond acceptors (Lipinski definition) is 5. The summed E-state index contributed by atoms with van der Waals surface area (Å²) in [5.41, 5.74) is 5.60. The molecule has 190 valence electrons. The Morgan fingerprint density at radius 2 is 1.70 bits per heavy atom. The van der Waals surface area contributed by atoms with E-state index in [4.69, 9.17) is 5.11 Å². The Balaban J connectivity index is 1.20. The van der Waals surface area contributed by atoms with Crippen LogP contribution in [0.15, 0.2) is 60.7 Å². The van der Waals surface area contributed by atoms with Gasteiger partial charge >= 0.3 is 5.97 Å². The van der Waals surface area contributed by atoms with Crippen LogP contribution in [-0.2, 0) is 11.2 Å². The molecule has 37 heavy (non-hydrogen) atoms. The number of aliphatic carboxylic acids is 1. The molecule has 5 rings (SSSR count). The van der Waals surface area contributed by atoms with Crippen molar-refractivity contribution in [1.82, 2.24) is 15.3 Å². The molecule has 0 saturated heterocycles. The smallest absolute Gasteiger partial charge is 0.322 e. The van der Waals surface area contributed by atoms with E-state index >= 15 is 0 Å². The van der Waals surface area contributed by atoms with E-state index in [1.807, 2.05) is 0 Å². The van der Waals surface area contributed by atoms with Crippen molar-refractivity contribution in [2.45, 2.75) is 50.9 Å². The van der Waals surface area contributed by atoms with Crippen molar-refractivity contribution in [3.63, 3.8) is 0 Å². The molecule has 1 heterocycles. The highest BCUT2D eigenvalue weighted by Gasteiger charge is 2.39. The lowest BCUT2D eigenvalue weighted by atomic mass is 9.84. The van der Waals surface area contributed by atoms with Crippen molar-refractivity contribution in [2.75, 3.05) is 6.54 Å². The summed E-state index contributed by atoms with van der Waals surface area (Å²) in [7, 11) is 0. The van der Waals surface area contributed by atoms with Crippen LogP contribution >= 0.6 is 0 Å². The zero-order valence-corrected chi connectivity index (χ0v) is 20.9. The molecule has 1 amide bonds. The number of carbonyl (C=O) groups is 2. The van der Waals surface area contributed by atoms with Crippen molar-refractivity contribution in [3.05, 3.63) is 94.6 Å². The van der Waals surface area contributed by atoms with Gasteiger partial charge in [-0.25, -0.2) is 9.97 Å². The summed E-state index contributed by atoms with van der Waals surface area (Å²) in [6, 6.07) is 19.8. The second-order valence-corrected chi connectivity index (χ2v) is 10.1. The maximum Gasteiger partial charge on any atom is 0.322 e. The summed E-state index contributed by atoms with van der Waals surface area (Å²) in [5.74, 6) is -0.131. The monoisotopic (exact) mass is 497 g/mol. The van der Waals surface area contributed by atoms with Gasteiger partial charge in [-0.2, -0.15) is 0 Å². The van der Waals surface area contributed by atoms with E-state index < -0.39 is 18.4 Å². The highest BCUT2D eigenvalue weighted by Crippen LogP contribution is 2.54. The first-order valence-electron chi connectivity index (χ1n) is 12.8. The SMILES string of the molecule is Cc1nc(CC2CC=C(c3ccc(C4C[C@H]4c4ccccc4)cc3)CC2)nc(C(=O)NCC(=O)O)c1O.